The molecule has 0 radical (unpaired) electrons. The molecule has 0 saturated carbocycles. The maximum absolute atomic E-state index is 6.37. The molecule has 0 atom stereocenters. The van der Waals surface area contributed by atoms with Gasteiger partial charge in [-0.3, -0.25) is 0 Å². The number of tetrazole rings is 1. The van der Waals surface area contributed by atoms with E-state index in [1.807, 2.05) is 24.3 Å². The molecule has 0 aliphatic heterocycles. The second-order valence-electron chi connectivity index (χ2n) is 5.40. The summed E-state index contributed by atoms with van der Waals surface area (Å²) in [5, 5.41) is 17.1. The smallest absolute Gasteiger partial charge is 0.263 e. The van der Waals surface area contributed by atoms with E-state index in [2.05, 4.69) is 38.9 Å². The van der Waals surface area contributed by atoms with Gasteiger partial charge in [0.15, 0.2) is 11.5 Å². The molecule has 3 aromatic rings. The fourth-order valence-electron chi connectivity index (χ4n) is 2.32. The van der Waals surface area contributed by atoms with Gasteiger partial charge in [0.1, 0.15) is 6.61 Å². The number of methoxy groups -OCH3 is 1. The quantitative estimate of drug-likeness (QED) is 0.672. The number of hydrogen-bond acceptors (Lipinski definition) is 6. The minimum Gasteiger partial charge on any atom is -0.493 e. The van der Waals surface area contributed by atoms with Gasteiger partial charge in [0.2, 0.25) is 0 Å². The van der Waals surface area contributed by atoms with Crippen molar-refractivity contribution in [3.05, 3.63) is 58.1 Å². The summed E-state index contributed by atoms with van der Waals surface area (Å²) in [6.45, 7) is 2.93. The van der Waals surface area contributed by atoms with Gasteiger partial charge in [0.05, 0.1) is 7.11 Å². The van der Waals surface area contributed by atoms with Gasteiger partial charge >= 0.3 is 0 Å². The van der Waals surface area contributed by atoms with Crippen molar-refractivity contribution in [1.82, 2.24) is 20.6 Å². The zero-order valence-electron chi connectivity index (χ0n) is 13.9. The Bertz CT molecular complexity index is 839. The van der Waals surface area contributed by atoms with Gasteiger partial charge in [0, 0.05) is 17.6 Å². The zero-order chi connectivity index (χ0) is 17.6. The number of aryl methyl sites for hydroxylation is 1. The lowest BCUT2D eigenvalue weighted by molar-refractivity contribution is 0.284. The normalized spacial score (nSPS) is 10.5. The maximum Gasteiger partial charge on any atom is 0.263 e. The van der Waals surface area contributed by atoms with Gasteiger partial charge in [-0.15, -0.1) is 5.10 Å². The van der Waals surface area contributed by atoms with E-state index in [1.54, 1.807) is 13.2 Å². The van der Waals surface area contributed by atoms with Crippen molar-refractivity contribution in [2.75, 3.05) is 12.4 Å². The molecule has 0 saturated heterocycles. The third-order valence-electron chi connectivity index (χ3n) is 3.76. The van der Waals surface area contributed by atoms with Crippen LogP contribution in [0.4, 0.5) is 5.95 Å². The molecule has 0 amide bonds. The lowest BCUT2D eigenvalue weighted by Gasteiger charge is -2.14. The van der Waals surface area contributed by atoms with Crippen LogP contribution in [0.3, 0.4) is 0 Å². The summed E-state index contributed by atoms with van der Waals surface area (Å²) in [6.07, 6.45) is 0. The number of H-pyrrole nitrogens is 1. The Labute approximate surface area is 150 Å². The largest absolute Gasteiger partial charge is 0.493 e. The molecule has 0 unspecified atom stereocenters. The number of aromatic amines is 1. The van der Waals surface area contributed by atoms with Crippen LogP contribution in [-0.4, -0.2) is 27.7 Å². The minimum absolute atomic E-state index is 0.398. The predicted molar refractivity (Wildman–Crippen MR) is 95.0 cm³/mol. The molecule has 8 heteroatoms. The molecule has 0 fully saturated rings. The summed E-state index contributed by atoms with van der Waals surface area (Å²) in [5.74, 6) is 1.61. The van der Waals surface area contributed by atoms with E-state index in [9.17, 15) is 0 Å². The van der Waals surface area contributed by atoms with Crippen LogP contribution in [0.5, 0.6) is 11.5 Å². The Morgan fingerprint density at radius 1 is 1.16 bits per heavy atom. The molecule has 0 aliphatic carbocycles. The first kappa shape index (κ1) is 17.0. The number of benzene rings is 2. The highest BCUT2D eigenvalue weighted by Crippen LogP contribution is 2.34. The summed E-state index contributed by atoms with van der Waals surface area (Å²) >= 11 is 6.37. The van der Waals surface area contributed by atoms with Crippen molar-refractivity contribution in [1.29, 1.82) is 0 Å². The molecule has 1 aromatic heterocycles. The summed E-state index contributed by atoms with van der Waals surface area (Å²) in [4.78, 5) is 0. The number of hydrogen-bond donors (Lipinski definition) is 2. The average molecular weight is 360 g/mol. The van der Waals surface area contributed by atoms with Crippen LogP contribution in [-0.2, 0) is 13.2 Å². The predicted octanol–water partition coefficient (Wildman–Crippen LogP) is 3.36. The summed E-state index contributed by atoms with van der Waals surface area (Å²) in [7, 11) is 1.60. The van der Waals surface area contributed by atoms with E-state index in [4.69, 9.17) is 21.1 Å². The summed E-state index contributed by atoms with van der Waals surface area (Å²) in [5.41, 5.74) is 3.13. The first-order chi connectivity index (χ1) is 12.2. The van der Waals surface area contributed by atoms with Crippen LogP contribution in [0.15, 0.2) is 36.4 Å². The lowest BCUT2D eigenvalue weighted by atomic mass is 10.1. The Morgan fingerprint density at radius 3 is 2.72 bits per heavy atom. The monoisotopic (exact) mass is 359 g/mol. The highest BCUT2D eigenvalue weighted by atomic mass is 35.5. The van der Waals surface area contributed by atoms with Crippen LogP contribution in [0, 0.1) is 6.92 Å². The van der Waals surface area contributed by atoms with Crippen molar-refractivity contribution in [2.45, 2.75) is 20.1 Å². The molecule has 0 bridgehead atoms. The van der Waals surface area contributed by atoms with Crippen LogP contribution < -0.4 is 14.8 Å². The summed E-state index contributed by atoms with van der Waals surface area (Å²) < 4.78 is 11.3. The van der Waals surface area contributed by atoms with Gasteiger partial charge in [-0.25, -0.2) is 0 Å². The number of nitrogens with zero attached hydrogens (tertiary/aromatic N) is 3. The topological polar surface area (TPSA) is 85.0 Å². The first-order valence-electron chi connectivity index (χ1n) is 7.68. The number of anilines is 1. The van der Waals surface area contributed by atoms with Crippen LogP contribution in [0.1, 0.15) is 16.7 Å². The van der Waals surface area contributed by atoms with Crippen molar-refractivity contribution in [2.24, 2.45) is 0 Å². The van der Waals surface area contributed by atoms with Gasteiger partial charge in [-0.05, 0) is 34.9 Å². The molecule has 1 heterocycles. The minimum atomic E-state index is 0.398. The molecular weight excluding hydrogens is 342 g/mol. The third-order valence-corrected chi connectivity index (χ3v) is 4.11. The number of aromatic nitrogens is 4. The summed E-state index contributed by atoms with van der Waals surface area (Å²) in [6, 6.07) is 11.7. The first-order valence-corrected chi connectivity index (χ1v) is 8.06. The molecule has 2 N–H and O–H groups in total. The molecule has 3 rings (SSSR count). The van der Waals surface area contributed by atoms with Crippen molar-refractivity contribution in [3.63, 3.8) is 0 Å². The average Bonchev–Trinajstić information content (AvgIpc) is 3.13. The molecule has 130 valence electrons. The lowest BCUT2D eigenvalue weighted by Crippen LogP contribution is -2.04. The molecule has 0 spiro atoms. The van der Waals surface area contributed by atoms with E-state index >= 15 is 0 Å². The van der Waals surface area contributed by atoms with E-state index in [0.29, 0.717) is 35.6 Å². The van der Waals surface area contributed by atoms with E-state index < -0.39 is 0 Å². The standard InChI is InChI=1S/C17H18ClN5O2/c1-11-5-3-4-6-12(11)10-25-16-8-14(18)13(7-15(16)24-2)9-19-17-20-22-23-21-17/h3-8H,9-10H2,1-2H3,(H2,19,20,21,22,23). The maximum atomic E-state index is 6.37. The van der Waals surface area contributed by atoms with Gasteiger partial charge in [-0.1, -0.05) is 41.0 Å². The van der Waals surface area contributed by atoms with Gasteiger partial charge in [0.25, 0.3) is 5.95 Å². The highest BCUT2D eigenvalue weighted by molar-refractivity contribution is 6.31. The second-order valence-corrected chi connectivity index (χ2v) is 5.81. The Kier molecular flexibility index (Phi) is 5.35. The van der Waals surface area contributed by atoms with Crippen molar-refractivity contribution >= 4 is 17.5 Å². The van der Waals surface area contributed by atoms with E-state index in [0.717, 1.165) is 11.1 Å². The number of halogens is 1. The van der Waals surface area contributed by atoms with Gasteiger partial charge < -0.3 is 14.8 Å². The van der Waals surface area contributed by atoms with Crippen LogP contribution in [0.25, 0.3) is 0 Å². The molecule has 0 aliphatic rings. The zero-order valence-corrected chi connectivity index (χ0v) is 14.7. The molecule has 7 nitrogen and oxygen atoms in total. The van der Waals surface area contributed by atoms with Crippen LogP contribution in [0.2, 0.25) is 5.02 Å². The Morgan fingerprint density at radius 2 is 2.00 bits per heavy atom. The molecule has 25 heavy (non-hydrogen) atoms. The number of nitrogens with one attached hydrogen (secondary N) is 2. The van der Waals surface area contributed by atoms with E-state index in [-0.39, 0.29) is 0 Å². The molecule has 2 aromatic carbocycles. The fraction of sp³-hybridized carbons (Fsp3) is 0.235. The highest BCUT2D eigenvalue weighted by Gasteiger charge is 2.12. The van der Waals surface area contributed by atoms with Crippen molar-refractivity contribution in [3.8, 4) is 11.5 Å². The number of ether oxygens (including phenoxy) is 2. The van der Waals surface area contributed by atoms with E-state index in [1.165, 1.54) is 5.56 Å². The van der Waals surface area contributed by atoms with Crippen molar-refractivity contribution < 1.29 is 9.47 Å². The van der Waals surface area contributed by atoms with Crippen LogP contribution >= 0.6 is 11.6 Å². The molecular formula is C17H18ClN5O2. The Balaban J connectivity index is 1.73. The SMILES string of the molecule is COc1cc(CNc2nn[nH]n2)c(Cl)cc1OCc1ccccc1C. The third kappa shape index (κ3) is 4.19. The number of rotatable bonds is 7. The van der Waals surface area contributed by atoms with Gasteiger partial charge in [-0.2, -0.15) is 5.21 Å². The fourth-order valence-corrected chi connectivity index (χ4v) is 2.54. The second kappa shape index (κ2) is 7.85. The Hall–Kier alpha value is -2.80.